The summed E-state index contributed by atoms with van der Waals surface area (Å²) < 4.78 is 4.47. The summed E-state index contributed by atoms with van der Waals surface area (Å²) >= 11 is 0. The van der Waals surface area contributed by atoms with Crippen LogP contribution in [0.3, 0.4) is 0 Å². The number of hydrogen-bond acceptors (Lipinski definition) is 2. The van der Waals surface area contributed by atoms with Crippen molar-refractivity contribution in [1.29, 1.82) is 0 Å². The fourth-order valence-corrected chi connectivity index (χ4v) is 0.224. The van der Waals surface area contributed by atoms with Gasteiger partial charge in [0.25, 0.3) is 0 Å². The summed E-state index contributed by atoms with van der Waals surface area (Å²) in [5, 5.41) is 0. The zero-order valence-electron chi connectivity index (χ0n) is 3.14. The van der Waals surface area contributed by atoms with E-state index >= 15 is 0 Å². The Labute approximate surface area is 33.1 Å². The Morgan fingerprint density at radius 3 is 2.60 bits per heavy atom. The van der Waals surface area contributed by atoms with Crippen molar-refractivity contribution in [3.8, 4) is 0 Å². The molecular formula is C2H8O2P+. The molecular weight excluding hydrogens is 87.0 g/mol. The fraction of sp³-hybridized carbons (Fsp3) is 1.00. The van der Waals surface area contributed by atoms with E-state index in [9.17, 15) is 0 Å². The molecule has 0 aliphatic carbocycles. The van der Waals surface area contributed by atoms with Gasteiger partial charge in [0.15, 0.2) is 0 Å². The van der Waals surface area contributed by atoms with E-state index in [-0.39, 0.29) is 0 Å². The lowest BCUT2D eigenvalue weighted by molar-refractivity contribution is 0.348. The summed E-state index contributed by atoms with van der Waals surface area (Å²) in [6.45, 7) is 2.48. The van der Waals surface area contributed by atoms with Crippen LogP contribution in [0.1, 0.15) is 6.92 Å². The zero-order chi connectivity index (χ0) is 4.12. The standard InChI is InChI=1S/C2H8O2P/c1-2-4-5-3/h3H,2,5H2,1H3/q+1. The first-order valence-electron chi connectivity index (χ1n) is 1.49. The van der Waals surface area contributed by atoms with Crippen LogP contribution in [-0.2, 0) is 4.52 Å². The summed E-state index contributed by atoms with van der Waals surface area (Å²) in [4.78, 5) is 7.93. The van der Waals surface area contributed by atoms with Gasteiger partial charge in [-0.2, -0.15) is 0 Å². The van der Waals surface area contributed by atoms with E-state index in [0.717, 1.165) is 0 Å². The van der Waals surface area contributed by atoms with E-state index in [1.54, 1.807) is 0 Å². The molecule has 0 rings (SSSR count). The van der Waals surface area contributed by atoms with Crippen molar-refractivity contribution in [2.24, 2.45) is 0 Å². The summed E-state index contributed by atoms with van der Waals surface area (Å²) in [6, 6.07) is 0. The van der Waals surface area contributed by atoms with E-state index in [1.165, 1.54) is 0 Å². The second-order valence-corrected chi connectivity index (χ2v) is 1.10. The summed E-state index contributed by atoms with van der Waals surface area (Å²) in [5.74, 6) is 0. The van der Waals surface area contributed by atoms with E-state index in [0.29, 0.717) is 6.61 Å². The van der Waals surface area contributed by atoms with Crippen LogP contribution < -0.4 is 0 Å². The molecule has 0 heterocycles. The third-order valence-electron chi connectivity index (χ3n) is 0.241. The molecule has 3 heteroatoms. The molecule has 0 spiro atoms. The largest absolute Gasteiger partial charge is 0.247 e. The normalized spacial score (nSPS) is 10.8. The lowest BCUT2D eigenvalue weighted by Gasteiger charge is -1.75. The van der Waals surface area contributed by atoms with E-state index in [4.69, 9.17) is 4.89 Å². The second-order valence-electron chi connectivity index (χ2n) is 0.561. The van der Waals surface area contributed by atoms with Crippen LogP contribution in [0.15, 0.2) is 0 Å². The minimum absolute atomic E-state index is 0.631. The monoisotopic (exact) mass is 95.0 g/mol. The van der Waals surface area contributed by atoms with Gasteiger partial charge in [0.1, 0.15) is 0 Å². The van der Waals surface area contributed by atoms with Gasteiger partial charge in [-0.25, -0.2) is 9.42 Å². The Morgan fingerprint density at radius 2 is 2.60 bits per heavy atom. The van der Waals surface area contributed by atoms with Crippen molar-refractivity contribution < 1.29 is 9.42 Å². The zero-order valence-corrected chi connectivity index (χ0v) is 4.29. The predicted octanol–water partition coefficient (Wildman–Crippen LogP) is 0.256. The van der Waals surface area contributed by atoms with Crippen molar-refractivity contribution in [3.05, 3.63) is 0 Å². The summed E-state index contributed by atoms with van der Waals surface area (Å²) in [6.07, 6.45) is 0. The smallest absolute Gasteiger partial charge is 0.225 e. The highest BCUT2D eigenvalue weighted by Crippen LogP contribution is 1.99. The minimum Gasteiger partial charge on any atom is -0.225 e. The van der Waals surface area contributed by atoms with Crippen molar-refractivity contribution in [1.82, 2.24) is 0 Å². The quantitative estimate of drug-likeness (QED) is 0.498. The molecule has 5 heavy (non-hydrogen) atoms. The number of rotatable bonds is 2. The molecule has 0 aliphatic rings. The van der Waals surface area contributed by atoms with E-state index in [2.05, 4.69) is 4.52 Å². The van der Waals surface area contributed by atoms with Gasteiger partial charge in [-0.05, 0) is 6.92 Å². The third kappa shape index (κ3) is 4.35. The molecule has 2 nitrogen and oxygen atoms in total. The highest BCUT2D eigenvalue weighted by atomic mass is 31.1. The maximum absolute atomic E-state index is 7.93. The van der Waals surface area contributed by atoms with Gasteiger partial charge in [0.2, 0.25) is 9.03 Å². The van der Waals surface area contributed by atoms with Crippen LogP contribution in [-0.4, -0.2) is 11.5 Å². The van der Waals surface area contributed by atoms with E-state index < -0.39 is 9.03 Å². The summed E-state index contributed by atoms with van der Waals surface area (Å²) in [5.41, 5.74) is 0. The Balaban J connectivity index is 2.19. The van der Waals surface area contributed by atoms with Gasteiger partial charge < -0.3 is 0 Å². The Bertz CT molecular complexity index is 15.1. The van der Waals surface area contributed by atoms with Crippen LogP contribution in [0.2, 0.25) is 0 Å². The molecule has 0 saturated carbocycles. The van der Waals surface area contributed by atoms with E-state index in [1.807, 2.05) is 6.92 Å². The molecule has 0 saturated heterocycles. The Kier molecular flexibility index (Phi) is 4.65. The fourth-order valence-electron chi connectivity index (χ4n) is 0.0745. The average molecular weight is 95.1 g/mol. The maximum atomic E-state index is 7.93. The third-order valence-corrected chi connectivity index (χ3v) is 0.724. The Hall–Kier alpha value is 0.350. The SMILES string of the molecule is CCO[PH2+]O. The molecule has 0 radical (unpaired) electrons. The molecule has 32 valence electrons. The van der Waals surface area contributed by atoms with Gasteiger partial charge in [-0.15, -0.1) is 0 Å². The van der Waals surface area contributed by atoms with Crippen LogP contribution >= 0.6 is 9.03 Å². The second kappa shape index (κ2) is 4.35. The van der Waals surface area contributed by atoms with Crippen LogP contribution in [0.4, 0.5) is 0 Å². The molecule has 0 bridgehead atoms. The lowest BCUT2D eigenvalue weighted by Crippen LogP contribution is -1.68. The lowest BCUT2D eigenvalue weighted by atomic mass is 10.9. The molecule has 0 amide bonds. The topological polar surface area (TPSA) is 29.5 Å². The minimum atomic E-state index is -0.714. The van der Waals surface area contributed by atoms with Gasteiger partial charge in [-0.1, -0.05) is 0 Å². The van der Waals surface area contributed by atoms with Gasteiger partial charge >= 0.3 is 0 Å². The van der Waals surface area contributed by atoms with Crippen LogP contribution in [0.25, 0.3) is 0 Å². The first-order chi connectivity index (χ1) is 2.41. The van der Waals surface area contributed by atoms with Crippen molar-refractivity contribution in [2.75, 3.05) is 6.61 Å². The van der Waals surface area contributed by atoms with Crippen molar-refractivity contribution >= 4 is 9.03 Å². The maximum Gasteiger partial charge on any atom is 0.247 e. The predicted molar refractivity (Wildman–Crippen MR) is 23.6 cm³/mol. The van der Waals surface area contributed by atoms with Crippen molar-refractivity contribution in [2.45, 2.75) is 6.92 Å². The molecule has 1 unspecified atom stereocenters. The highest BCUT2D eigenvalue weighted by molar-refractivity contribution is 7.24. The number of hydrogen-bond donors (Lipinski definition) is 1. The van der Waals surface area contributed by atoms with Crippen molar-refractivity contribution in [3.63, 3.8) is 0 Å². The molecule has 0 aromatic carbocycles. The molecule has 0 aliphatic heterocycles. The first kappa shape index (κ1) is 5.35. The van der Waals surface area contributed by atoms with Crippen LogP contribution in [0.5, 0.6) is 0 Å². The highest BCUT2D eigenvalue weighted by Gasteiger charge is 1.74. The molecule has 1 N–H and O–H groups in total. The molecule has 0 fully saturated rings. The molecule has 0 aromatic rings. The first-order valence-corrected chi connectivity index (χ1v) is 2.48. The van der Waals surface area contributed by atoms with Gasteiger partial charge in [0.05, 0.1) is 6.61 Å². The average Bonchev–Trinajstić information content (AvgIpc) is 1.41. The Morgan fingerprint density at radius 1 is 2.00 bits per heavy atom. The molecule has 1 atom stereocenters. The summed E-state index contributed by atoms with van der Waals surface area (Å²) in [7, 11) is -0.714. The van der Waals surface area contributed by atoms with Gasteiger partial charge in [-0.3, -0.25) is 0 Å². The van der Waals surface area contributed by atoms with Gasteiger partial charge in [0, 0.05) is 0 Å². The van der Waals surface area contributed by atoms with Crippen LogP contribution in [0, 0.1) is 0 Å². The molecule has 0 aromatic heterocycles.